The minimum absolute atomic E-state index is 0.0121. The lowest BCUT2D eigenvalue weighted by Gasteiger charge is -2.12. The van der Waals surface area contributed by atoms with Crippen LogP contribution in [-0.4, -0.2) is 24.9 Å². The van der Waals surface area contributed by atoms with Gasteiger partial charge in [-0.2, -0.15) is 0 Å². The molecule has 0 aliphatic heterocycles. The van der Waals surface area contributed by atoms with E-state index in [9.17, 15) is 14.4 Å². The summed E-state index contributed by atoms with van der Waals surface area (Å²) in [6, 6.07) is 10.2. The van der Waals surface area contributed by atoms with Gasteiger partial charge in [-0.25, -0.2) is 4.79 Å². The summed E-state index contributed by atoms with van der Waals surface area (Å²) in [6.45, 7) is 5.74. The molecule has 2 aromatic carbocycles. The lowest BCUT2D eigenvalue weighted by molar-refractivity contribution is -0.117. The molecule has 3 rings (SSSR count). The Balaban J connectivity index is 1.76. The molecule has 2 unspecified atom stereocenters. The summed E-state index contributed by atoms with van der Waals surface area (Å²) in [7, 11) is 1.32. The molecule has 1 saturated carbocycles. The molecular weight excluding hydrogens is 356 g/mol. The number of aryl methyl sites for hydroxylation is 1. The Hall–Kier alpha value is -3.15. The second-order valence-electron chi connectivity index (χ2n) is 7.30. The monoisotopic (exact) mass is 380 g/mol. The number of methoxy groups -OCH3 is 1. The summed E-state index contributed by atoms with van der Waals surface area (Å²) in [5.41, 5.74) is 3.61. The Labute approximate surface area is 164 Å². The minimum atomic E-state index is -0.448. The van der Waals surface area contributed by atoms with Gasteiger partial charge in [-0.05, 0) is 67.6 Å². The van der Waals surface area contributed by atoms with E-state index >= 15 is 0 Å². The van der Waals surface area contributed by atoms with Crippen molar-refractivity contribution in [1.29, 1.82) is 0 Å². The van der Waals surface area contributed by atoms with Crippen LogP contribution in [-0.2, 0) is 9.53 Å². The second kappa shape index (κ2) is 7.84. The molecule has 2 atom stereocenters. The zero-order chi connectivity index (χ0) is 20.4. The molecular formula is C22H24N2O4. The second-order valence-corrected chi connectivity index (χ2v) is 7.30. The number of carbonyl (C=O) groups excluding carboxylic acids is 3. The average Bonchev–Trinajstić information content (AvgIpc) is 3.41. The van der Waals surface area contributed by atoms with Crippen LogP contribution in [0.4, 0.5) is 11.4 Å². The van der Waals surface area contributed by atoms with E-state index in [1.54, 1.807) is 36.4 Å². The van der Waals surface area contributed by atoms with E-state index in [-0.39, 0.29) is 17.7 Å². The van der Waals surface area contributed by atoms with Gasteiger partial charge in [0.15, 0.2) is 0 Å². The van der Waals surface area contributed by atoms with Gasteiger partial charge in [-0.1, -0.05) is 13.0 Å². The van der Waals surface area contributed by atoms with Crippen LogP contribution >= 0.6 is 0 Å². The zero-order valence-electron chi connectivity index (χ0n) is 16.5. The SMILES string of the molecule is COC(=O)c1cc(NC(=O)c2cccc(NC(=O)C3CC3C)c2)cc(C)c1C. The van der Waals surface area contributed by atoms with Gasteiger partial charge >= 0.3 is 5.97 Å². The maximum absolute atomic E-state index is 12.7. The Bertz CT molecular complexity index is 952. The Morgan fingerprint density at radius 3 is 2.39 bits per heavy atom. The highest BCUT2D eigenvalue weighted by molar-refractivity contribution is 6.06. The summed E-state index contributed by atoms with van der Waals surface area (Å²) in [6.07, 6.45) is 0.904. The highest BCUT2D eigenvalue weighted by Gasteiger charge is 2.39. The Morgan fingerprint density at radius 1 is 1.04 bits per heavy atom. The van der Waals surface area contributed by atoms with E-state index in [1.807, 2.05) is 20.8 Å². The number of nitrogens with one attached hydrogen (secondary N) is 2. The Kier molecular flexibility index (Phi) is 5.49. The fourth-order valence-corrected chi connectivity index (χ4v) is 3.12. The lowest BCUT2D eigenvalue weighted by atomic mass is 10.0. The van der Waals surface area contributed by atoms with Crippen molar-refractivity contribution in [3.63, 3.8) is 0 Å². The molecule has 2 N–H and O–H groups in total. The van der Waals surface area contributed by atoms with Gasteiger partial charge in [0, 0.05) is 22.9 Å². The quantitative estimate of drug-likeness (QED) is 0.770. The molecule has 0 aromatic heterocycles. The van der Waals surface area contributed by atoms with Gasteiger partial charge in [0.25, 0.3) is 5.91 Å². The van der Waals surface area contributed by atoms with E-state index in [0.29, 0.717) is 28.4 Å². The van der Waals surface area contributed by atoms with E-state index in [0.717, 1.165) is 17.5 Å². The van der Waals surface area contributed by atoms with Gasteiger partial charge < -0.3 is 15.4 Å². The number of ether oxygens (including phenoxy) is 1. The van der Waals surface area contributed by atoms with Crippen LogP contribution in [0.3, 0.4) is 0 Å². The molecule has 1 fully saturated rings. The summed E-state index contributed by atoms with van der Waals surface area (Å²) >= 11 is 0. The van der Waals surface area contributed by atoms with Crippen LogP contribution < -0.4 is 10.6 Å². The number of esters is 1. The number of anilines is 2. The molecule has 0 radical (unpaired) electrons. The smallest absolute Gasteiger partial charge is 0.338 e. The van der Waals surface area contributed by atoms with Crippen LogP contribution in [0.1, 0.15) is 45.2 Å². The first-order chi connectivity index (χ1) is 13.3. The third-order valence-corrected chi connectivity index (χ3v) is 5.17. The summed E-state index contributed by atoms with van der Waals surface area (Å²) in [5.74, 6) is -0.308. The standard InChI is InChI=1S/C22H24N2O4/c1-12-8-17(11-19(14(12)3)22(27)28-4)24-20(25)15-6-5-7-16(10-15)23-21(26)18-9-13(18)2/h5-8,10-11,13,18H,9H2,1-4H3,(H,23,26)(H,24,25). The molecule has 6 heteroatoms. The average molecular weight is 380 g/mol. The Morgan fingerprint density at radius 2 is 1.75 bits per heavy atom. The molecule has 6 nitrogen and oxygen atoms in total. The third-order valence-electron chi connectivity index (χ3n) is 5.17. The van der Waals surface area contributed by atoms with Crippen molar-refractivity contribution < 1.29 is 19.1 Å². The molecule has 1 aliphatic carbocycles. The van der Waals surface area contributed by atoms with Crippen LogP contribution in [0.2, 0.25) is 0 Å². The largest absolute Gasteiger partial charge is 0.465 e. The molecule has 28 heavy (non-hydrogen) atoms. The van der Waals surface area contributed by atoms with Crippen molar-refractivity contribution in [2.24, 2.45) is 11.8 Å². The van der Waals surface area contributed by atoms with E-state index < -0.39 is 5.97 Å². The molecule has 2 amide bonds. The van der Waals surface area contributed by atoms with Gasteiger partial charge in [0.2, 0.25) is 5.91 Å². The van der Waals surface area contributed by atoms with E-state index in [2.05, 4.69) is 10.6 Å². The van der Waals surface area contributed by atoms with Crippen LogP contribution in [0.5, 0.6) is 0 Å². The molecule has 0 saturated heterocycles. The predicted molar refractivity (Wildman–Crippen MR) is 108 cm³/mol. The van der Waals surface area contributed by atoms with Crippen molar-refractivity contribution in [3.05, 3.63) is 58.7 Å². The fraction of sp³-hybridized carbons (Fsp3) is 0.318. The highest BCUT2D eigenvalue weighted by atomic mass is 16.5. The number of benzene rings is 2. The van der Waals surface area contributed by atoms with E-state index in [1.165, 1.54) is 7.11 Å². The first-order valence-corrected chi connectivity index (χ1v) is 9.22. The minimum Gasteiger partial charge on any atom is -0.465 e. The maximum Gasteiger partial charge on any atom is 0.338 e. The highest BCUT2D eigenvalue weighted by Crippen LogP contribution is 2.38. The first kappa shape index (κ1) is 19.6. The van der Waals surface area contributed by atoms with Crippen LogP contribution in [0.25, 0.3) is 0 Å². The molecule has 146 valence electrons. The zero-order valence-corrected chi connectivity index (χ0v) is 16.5. The third kappa shape index (κ3) is 4.22. The van der Waals surface area contributed by atoms with Crippen LogP contribution in [0, 0.1) is 25.7 Å². The number of carbonyl (C=O) groups is 3. The van der Waals surface area contributed by atoms with Gasteiger partial charge in [-0.15, -0.1) is 0 Å². The maximum atomic E-state index is 12.7. The van der Waals surface area contributed by atoms with Crippen molar-refractivity contribution in [1.82, 2.24) is 0 Å². The molecule has 2 aromatic rings. The van der Waals surface area contributed by atoms with Crippen molar-refractivity contribution in [2.75, 3.05) is 17.7 Å². The van der Waals surface area contributed by atoms with Gasteiger partial charge in [-0.3, -0.25) is 9.59 Å². The van der Waals surface area contributed by atoms with Crippen molar-refractivity contribution >= 4 is 29.2 Å². The predicted octanol–water partition coefficient (Wildman–Crippen LogP) is 3.94. The van der Waals surface area contributed by atoms with Crippen LogP contribution in [0.15, 0.2) is 36.4 Å². The molecule has 1 aliphatic rings. The van der Waals surface area contributed by atoms with Gasteiger partial charge in [0.05, 0.1) is 12.7 Å². The summed E-state index contributed by atoms with van der Waals surface area (Å²) < 4.78 is 4.81. The number of hydrogen-bond acceptors (Lipinski definition) is 4. The first-order valence-electron chi connectivity index (χ1n) is 9.22. The molecule has 0 spiro atoms. The van der Waals surface area contributed by atoms with E-state index in [4.69, 9.17) is 4.74 Å². The fourth-order valence-electron chi connectivity index (χ4n) is 3.12. The number of hydrogen-bond donors (Lipinski definition) is 2. The summed E-state index contributed by atoms with van der Waals surface area (Å²) in [4.78, 5) is 36.7. The molecule has 0 bridgehead atoms. The summed E-state index contributed by atoms with van der Waals surface area (Å²) in [5, 5.41) is 5.67. The molecule has 0 heterocycles. The number of amides is 2. The normalized spacial score (nSPS) is 17.6. The van der Waals surface area contributed by atoms with Crippen molar-refractivity contribution in [3.8, 4) is 0 Å². The number of rotatable bonds is 5. The van der Waals surface area contributed by atoms with Crippen molar-refractivity contribution in [2.45, 2.75) is 27.2 Å². The lowest BCUT2D eigenvalue weighted by Crippen LogP contribution is -2.16. The van der Waals surface area contributed by atoms with Gasteiger partial charge in [0.1, 0.15) is 0 Å². The topological polar surface area (TPSA) is 84.5 Å².